The maximum atomic E-state index is 12.3. The number of nitriles is 1. The number of nitrogens with zero attached hydrogens (tertiary/aromatic N) is 2. The molecule has 0 atom stereocenters. The number of nitrogens with one attached hydrogen (secondary N) is 1. The number of benzene rings is 2. The molecule has 0 unspecified atom stereocenters. The summed E-state index contributed by atoms with van der Waals surface area (Å²) >= 11 is 15.0. The maximum absolute atomic E-state index is 12.3. The van der Waals surface area contributed by atoms with Crippen LogP contribution in [-0.4, -0.2) is 10.8 Å². The molecule has 0 aromatic heterocycles. The first-order valence-electron chi connectivity index (χ1n) is 6.64. The normalized spacial score (nSPS) is 10.9. The molecule has 0 radical (unpaired) electrons. The number of anilines is 1. The van der Waals surface area contributed by atoms with E-state index in [1.807, 2.05) is 0 Å². The van der Waals surface area contributed by atoms with Crippen LogP contribution >= 0.6 is 39.1 Å². The SMILES string of the molecule is N#C/C(=C\c1ccc(Cl)cc1Cl)C(=O)Nc1ccc([N+](=O)[O-])cc1Br. The number of halogens is 3. The van der Waals surface area contributed by atoms with Crippen molar-refractivity contribution in [3.63, 3.8) is 0 Å². The van der Waals surface area contributed by atoms with Gasteiger partial charge >= 0.3 is 0 Å². The molecule has 0 heterocycles. The van der Waals surface area contributed by atoms with E-state index in [4.69, 9.17) is 23.2 Å². The molecule has 2 aromatic carbocycles. The number of nitro groups is 1. The van der Waals surface area contributed by atoms with Crippen LogP contribution in [0, 0.1) is 21.4 Å². The van der Waals surface area contributed by atoms with Gasteiger partial charge in [0.2, 0.25) is 0 Å². The third-order valence-corrected chi connectivity index (χ3v) is 4.26. The van der Waals surface area contributed by atoms with Gasteiger partial charge in [0, 0.05) is 26.7 Å². The van der Waals surface area contributed by atoms with Gasteiger partial charge in [0.25, 0.3) is 11.6 Å². The van der Waals surface area contributed by atoms with Gasteiger partial charge < -0.3 is 5.32 Å². The molecule has 9 heteroatoms. The Balaban J connectivity index is 2.28. The Morgan fingerprint density at radius 1 is 1.28 bits per heavy atom. The average molecular weight is 441 g/mol. The Morgan fingerprint density at radius 3 is 2.56 bits per heavy atom. The molecule has 1 amide bonds. The lowest BCUT2D eigenvalue weighted by molar-refractivity contribution is -0.384. The molecule has 2 rings (SSSR count). The zero-order valence-corrected chi connectivity index (χ0v) is 15.4. The van der Waals surface area contributed by atoms with E-state index < -0.39 is 10.8 Å². The van der Waals surface area contributed by atoms with Gasteiger partial charge in [-0.05, 0) is 45.8 Å². The molecule has 2 aromatic rings. The molecule has 0 saturated carbocycles. The van der Waals surface area contributed by atoms with Gasteiger partial charge in [-0.1, -0.05) is 29.3 Å². The largest absolute Gasteiger partial charge is 0.320 e. The standard InChI is InChI=1S/C16H8BrCl2N3O3/c17-13-7-12(22(24)25)3-4-15(13)21-16(23)10(8-20)5-9-1-2-11(18)6-14(9)19/h1-7H,(H,21,23)/b10-5+. The summed E-state index contributed by atoms with van der Waals surface area (Å²) in [6.07, 6.45) is 1.33. The van der Waals surface area contributed by atoms with Crippen molar-refractivity contribution in [2.24, 2.45) is 0 Å². The first-order chi connectivity index (χ1) is 11.8. The van der Waals surface area contributed by atoms with E-state index in [0.29, 0.717) is 25.8 Å². The van der Waals surface area contributed by atoms with Gasteiger partial charge in [0.1, 0.15) is 11.6 Å². The minimum atomic E-state index is -0.678. The minimum Gasteiger partial charge on any atom is -0.320 e. The summed E-state index contributed by atoms with van der Waals surface area (Å²) in [5.74, 6) is -0.678. The summed E-state index contributed by atoms with van der Waals surface area (Å²) in [5.41, 5.74) is 0.433. The van der Waals surface area contributed by atoms with E-state index in [-0.39, 0.29) is 11.3 Å². The van der Waals surface area contributed by atoms with Crippen molar-refractivity contribution >= 4 is 62.5 Å². The fraction of sp³-hybridized carbons (Fsp3) is 0. The van der Waals surface area contributed by atoms with Crippen LogP contribution in [0.2, 0.25) is 10.0 Å². The zero-order chi connectivity index (χ0) is 18.6. The van der Waals surface area contributed by atoms with Gasteiger partial charge in [-0.2, -0.15) is 5.26 Å². The van der Waals surface area contributed by atoms with Crippen LogP contribution in [0.4, 0.5) is 11.4 Å². The summed E-state index contributed by atoms with van der Waals surface area (Å²) in [6.45, 7) is 0. The monoisotopic (exact) mass is 439 g/mol. The van der Waals surface area contributed by atoms with Crippen molar-refractivity contribution < 1.29 is 9.72 Å². The number of nitro benzene ring substituents is 1. The third-order valence-electron chi connectivity index (χ3n) is 3.04. The molecular weight excluding hydrogens is 433 g/mol. The lowest BCUT2D eigenvalue weighted by Crippen LogP contribution is -2.14. The first kappa shape index (κ1) is 18.9. The number of hydrogen-bond acceptors (Lipinski definition) is 4. The van der Waals surface area contributed by atoms with Gasteiger partial charge in [-0.3, -0.25) is 14.9 Å². The quantitative estimate of drug-likeness (QED) is 0.305. The van der Waals surface area contributed by atoms with Crippen molar-refractivity contribution in [1.82, 2.24) is 0 Å². The molecule has 0 bridgehead atoms. The molecule has 0 saturated heterocycles. The Labute approximate surface area is 160 Å². The van der Waals surface area contributed by atoms with Crippen LogP contribution < -0.4 is 5.32 Å². The highest BCUT2D eigenvalue weighted by Crippen LogP contribution is 2.28. The number of carbonyl (C=O) groups is 1. The van der Waals surface area contributed by atoms with Crippen LogP contribution in [0.5, 0.6) is 0 Å². The van der Waals surface area contributed by atoms with Crippen molar-refractivity contribution in [2.45, 2.75) is 0 Å². The highest BCUT2D eigenvalue weighted by molar-refractivity contribution is 9.10. The van der Waals surface area contributed by atoms with Crippen molar-refractivity contribution in [3.05, 3.63) is 72.2 Å². The molecule has 0 aliphatic carbocycles. The van der Waals surface area contributed by atoms with Crippen LogP contribution in [0.25, 0.3) is 6.08 Å². The minimum absolute atomic E-state index is 0.131. The second kappa shape index (κ2) is 8.12. The molecular formula is C16H8BrCl2N3O3. The Hall–Kier alpha value is -2.40. The fourth-order valence-corrected chi connectivity index (χ4v) is 2.76. The van der Waals surface area contributed by atoms with Gasteiger partial charge in [0.15, 0.2) is 0 Å². The number of non-ortho nitro benzene ring substituents is 1. The molecule has 25 heavy (non-hydrogen) atoms. The summed E-state index contributed by atoms with van der Waals surface area (Å²) < 4.78 is 0.317. The van der Waals surface area contributed by atoms with Gasteiger partial charge in [0.05, 0.1) is 10.6 Å². The Kier molecular flexibility index (Phi) is 6.15. The Bertz CT molecular complexity index is 939. The van der Waals surface area contributed by atoms with Crippen LogP contribution in [-0.2, 0) is 4.79 Å². The molecule has 1 N–H and O–H groups in total. The molecule has 0 fully saturated rings. The first-order valence-corrected chi connectivity index (χ1v) is 8.19. The molecule has 0 aliphatic rings. The fourth-order valence-electron chi connectivity index (χ4n) is 1.83. The predicted octanol–water partition coefficient (Wildman–Crippen LogP) is 5.21. The highest BCUT2D eigenvalue weighted by atomic mass is 79.9. The van der Waals surface area contributed by atoms with Crippen LogP contribution in [0.3, 0.4) is 0 Å². The second-order valence-corrected chi connectivity index (χ2v) is 6.41. The van der Waals surface area contributed by atoms with Crippen molar-refractivity contribution in [1.29, 1.82) is 5.26 Å². The van der Waals surface area contributed by atoms with E-state index in [2.05, 4.69) is 21.2 Å². The molecule has 0 aliphatic heterocycles. The van der Waals surface area contributed by atoms with Gasteiger partial charge in [-0.25, -0.2) is 0 Å². The van der Waals surface area contributed by atoms with E-state index in [1.54, 1.807) is 18.2 Å². The number of carbonyl (C=O) groups excluding carboxylic acids is 1. The second-order valence-electron chi connectivity index (χ2n) is 4.71. The summed E-state index contributed by atoms with van der Waals surface area (Å²) in [5, 5.41) is 23.2. The van der Waals surface area contributed by atoms with E-state index in [9.17, 15) is 20.2 Å². The summed E-state index contributed by atoms with van der Waals surface area (Å²) in [7, 11) is 0. The number of rotatable bonds is 4. The molecule has 126 valence electrons. The highest BCUT2D eigenvalue weighted by Gasteiger charge is 2.14. The number of amides is 1. The smallest absolute Gasteiger partial charge is 0.270 e. The maximum Gasteiger partial charge on any atom is 0.270 e. The average Bonchev–Trinajstić information content (AvgIpc) is 2.55. The Morgan fingerprint density at radius 2 is 2.00 bits per heavy atom. The van der Waals surface area contributed by atoms with E-state index in [1.165, 1.54) is 30.3 Å². The van der Waals surface area contributed by atoms with Crippen molar-refractivity contribution in [2.75, 3.05) is 5.32 Å². The topological polar surface area (TPSA) is 96.0 Å². The summed E-state index contributed by atoms with van der Waals surface area (Å²) in [6, 6.07) is 10.3. The zero-order valence-electron chi connectivity index (χ0n) is 12.3. The lowest BCUT2D eigenvalue weighted by atomic mass is 10.1. The van der Waals surface area contributed by atoms with E-state index in [0.717, 1.165) is 0 Å². The number of hydrogen-bond donors (Lipinski definition) is 1. The predicted molar refractivity (Wildman–Crippen MR) is 99.5 cm³/mol. The molecule has 0 spiro atoms. The van der Waals surface area contributed by atoms with Gasteiger partial charge in [-0.15, -0.1) is 0 Å². The van der Waals surface area contributed by atoms with Crippen molar-refractivity contribution in [3.8, 4) is 6.07 Å². The van der Waals surface area contributed by atoms with E-state index >= 15 is 0 Å². The lowest BCUT2D eigenvalue weighted by Gasteiger charge is -2.07. The molecule has 6 nitrogen and oxygen atoms in total. The summed E-state index contributed by atoms with van der Waals surface area (Å²) in [4.78, 5) is 22.4. The third kappa shape index (κ3) is 4.79. The van der Waals surface area contributed by atoms with Crippen LogP contribution in [0.15, 0.2) is 46.4 Å². The van der Waals surface area contributed by atoms with Crippen LogP contribution in [0.1, 0.15) is 5.56 Å².